The predicted octanol–water partition coefficient (Wildman–Crippen LogP) is 2.97. The van der Waals surface area contributed by atoms with Gasteiger partial charge in [0.15, 0.2) is 0 Å². The number of nitrogens with zero attached hydrogens (tertiary/aromatic N) is 2. The Morgan fingerprint density at radius 3 is 2.77 bits per heavy atom. The fourth-order valence-corrected chi connectivity index (χ4v) is 2.11. The second kappa shape index (κ2) is 6.76. The van der Waals surface area contributed by atoms with Crippen molar-refractivity contribution in [1.82, 2.24) is 4.98 Å². The summed E-state index contributed by atoms with van der Waals surface area (Å²) < 4.78 is 10.6. The summed E-state index contributed by atoms with van der Waals surface area (Å²) in [5.74, 6) is 1.46. The van der Waals surface area contributed by atoms with Crippen molar-refractivity contribution in [1.29, 1.82) is 0 Å². The number of ether oxygens (including phenoxy) is 2. The Bertz CT molecular complexity index is 679. The van der Waals surface area contributed by atoms with Crippen molar-refractivity contribution in [2.45, 2.75) is 0 Å². The van der Waals surface area contributed by atoms with Gasteiger partial charge >= 0.3 is 0 Å². The summed E-state index contributed by atoms with van der Waals surface area (Å²) in [5, 5.41) is 3.38. The Morgan fingerprint density at radius 2 is 2.14 bits per heavy atom. The summed E-state index contributed by atoms with van der Waals surface area (Å²) >= 11 is 0. The molecule has 0 saturated heterocycles. The van der Waals surface area contributed by atoms with E-state index in [-0.39, 0.29) is 0 Å². The second-order valence-electron chi connectivity index (χ2n) is 4.72. The van der Waals surface area contributed by atoms with E-state index in [1.54, 1.807) is 19.5 Å². The lowest BCUT2D eigenvalue weighted by molar-refractivity contribution is 0.350. The molecule has 1 N–H and O–H groups in total. The van der Waals surface area contributed by atoms with Crippen LogP contribution in [0.2, 0.25) is 0 Å². The number of aliphatic imine (C=N–C) groups is 1. The van der Waals surface area contributed by atoms with Gasteiger partial charge in [0, 0.05) is 29.7 Å². The van der Waals surface area contributed by atoms with E-state index in [9.17, 15) is 0 Å². The number of benzene rings is 1. The Labute approximate surface area is 129 Å². The quantitative estimate of drug-likeness (QED) is 0.921. The van der Waals surface area contributed by atoms with Gasteiger partial charge in [-0.25, -0.2) is 4.99 Å². The molecule has 0 bridgehead atoms. The maximum absolute atomic E-state index is 5.47. The van der Waals surface area contributed by atoms with Crippen LogP contribution in [0.15, 0.2) is 59.9 Å². The van der Waals surface area contributed by atoms with Crippen LogP contribution in [0, 0.1) is 0 Å². The smallest absolute Gasteiger partial charge is 0.210 e. The van der Waals surface area contributed by atoms with Crippen LogP contribution >= 0.6 is 0 Å². The van der Waals surface area contributed by atoms with Crippen molar-refractivity contribution in [3.8, 4) is 5.75 Å². The molecule has 0 aliphatic carbocycles. The SMILES string of the molecule is COc1ccc(N/C(=C\C2=NCCO2)c2cccnc2)cc1. The predicted molar refractivity (Wildman–Crippen MR) is 87.1 cm³/mol. The van der Waals surface area contributed by atoms with E-state index in [2.05, 4.69) is 15.3 Å². The van der Waals surface area contributed by atoms with Crippen molar-refractivity contribution < 1.29 is 9.47 Å². The highest BCUT2D eigenvalue weighted by Crippen LogP contribution is 2.21. The lowest BCUT2D eigenvalue weighted by atomic mass is 10.2. The van der Waals surface area contributed by atoms with Gasteiger partial charge in [0.2, 0.25) is 5.90 Å². The van der Waals surface area contributed by atoms with Crippen LogP contribution in [-0.4, -0.2) is 31.1 Å². The van der Waals surface area contributed by atoms with Crippen molar-refractivity contribution in [2.24, 2.45) is 4.99 Å². The molecule has 0 saturated carbocycles. The number of anilines is 1. The molecule has 3 rings (SSSR count). The summed E-state index contributed by atoms with van der Waals surface area (Å²) in [5.41, 5.74) is 2.81. The molecule has 5 heteroatoms. The summed E-state index contributed by atoms with van der Waals surface area (Å²) in [6.45, 7) is 1.34. The van der Waals surface area contributed by atoms with Crippen LogP contribution in [0.4, 0.5) is 5.69 Å². The number of nitrogens with one attached hydrogen (secondary N) is 1. The van der Waals surface area contributed by atoms with E-state index in [1.807, 2.05) is 42.5 Å². The Kier molecular flexibility index (Phi) is 4.34. The molecule has 112 valence electrons. The minimum absolute atomic E-state index is 0.634. The van der Waals surface area contributed by atoms with Crippen LogP contribution in [0.5, 0.6) is 5.75 Å². The Balaban J connectivity index is 1.87. The van der Waals surface area contributed by atoms with Gasteiger partial charge < -0.3 is 14.8 Å². The molecular weight excluding hydrogens is 278 g/mol. The Hall–Kier alpha value is -2.82. The molecule has 1 aliphatic rings. The molecular formula is C17H17N3O2. The lowest BCUT2D eigenvalue weighted by Gasteiger charge is -2.12. The van der Waals surface area contributed by atoms with Crippen molar-refractivity contribution in [2.75, 3.05) is 25.6 Å². The molecule has 0 atom stereocenters. The zero-order valence-corrected chi connectivity index (χ0v) is 12.3. The molecule has 0 fully saturated rings. The molecule has 2 heterocycles. The number of pyridine rings is 1. The maximum atomic E-state index is 5.47. The van der Waals surface area contributed by atoms with Gasteiger partial charge in [0.1, 0.15) is 12.4 Å². The highest BCUT2D eigenvalue weighted by Gasteiger charge is 2.09. The molecule has 1 aliphatic heterocycles. The number of hydrogen-bond donors (Lipinski definition) is 1. The first kappa shape index (κ1) is 14.1. The highest BCUT2D eigenvalue weighted by atomic mass is 16.5. The van der Waals surface area contributed by atoms with Gasteiger partial charge in [-0.3, -0.25) is 4.98 Å². The van der Waals surface area contributed by atoms with Gasteiger partial charge in [-0.05, 0) is 36.4 Å². The van der Waals surface area contributed by atoms with Crippen molar-refractivity contribution >= 4 is 17.3 Å². The van der Waals surface area contributed by atoms with Crippen LogP contribution in [-0.2, 0) is 4.74 Å². The van der Waals surface area contributed by atoms with Crippen molar-refractivity contribution in [3.63, 3.8) is 0 Å². The zero-order valence-electron chi connectivity index (χ0n) is 12.3. The van der Waals surface area contributed by atoms with E-state index >= 15 is 0 Å². The van der Waals surface area contributed by atoms with Gasteiger partial charge in [-0.2, -0.15) is 0 Å². The molecule has 1 aromatic carbocycles. The summed E-state index contributed by atoms with van der Waals surface area (Å²) in [6.07, 6.45) is 5.45. The van der Waals surface area contributed by atoms with E-state index in [4.69, 9.17) is 9.47 Å². The van der Waals surface area contributed by atoms with Gasteiger partial charge in [-0.1, -0.05) is 0 Å². The highest BCUT2D eigenvalue weighted by molar-refractivity contribution is 5.98. The minimum atomic E-state index is 0.634. The Morgan fingerprint density at radius 1 is 1.27 bits per heavy atom. The number of methoxy groups -OCH3 is 1. The van der Waals surface area contributed by atoms with Gasteiger partial charge in [0.05, 0.1) is 19.4 Å². The first-order valence-corrected chi connectivity index (χ1v) is 7.05. The minimum Gasteiger partial charge on any atom is -0.497 e. The largest absolute Gasteiger partial charge is 0.497 e. The number of hydrogen-bond acceptors (Lipinski definition) is 5. The topological polar surface area (TPSA) is 55.7 Å². The van der Waals surface area contributed by atoms with Gasteiger partial charge in [-0.15, -0.1) is 0 Å². The molecule has 22 heavy (non-hydrogen) atoms. The molecule has 1 aromatic heterocycles. The molecule has 0 spiro atoms. The summed E-state index contributed by atoms with van der Waals surface area (Å²) in [7, 11) is 1.65. The van der Waals surface area contributed by atoms with Crippen LogP contribution in [0.3, 0.4) is 0 Å². The first-order chi connectivity index (χ1) is 10.8. The van der Waals surface area contributed by atoms with Gasteiger partial charge in [0.25, 0.3) is 0 Å². The van der Waals surface area contributed by atoms with Crippen LogP contribution in [0.1, 0.15) is 5.56 Å². The molecule has 5 nitrogen and oxygen atoms in total. The van der Waals surface area contributed by atoms with E-state index in [0.29, 0.717) is 19.0 Å². The molecule has 0 radical (unpaired) electrons. The standard InChI is InChI=1S/C17H17N3O2/c1-21-15-6-4-14(5-7-15)20-16(11-17-19-9-10-22-17)13-3-2-8-18-12-13/h2-8,11-12,20H,9-10H2,1H3/b16-11-. The number of aromatic nitrogens is 1. The number of rotatable bonds is 5. The van der Waals surface area contributed by atoms with E-state index in [0.717, 1.165) is 22.7 Å². The van der Waals surface area contributed by atoms with E-state index in [1.165, 1.54) is 0 Å². The lowest BCUT2D eigenvalue weighted by Crippen LogP contribution is -2.04. The third-order valence-electron chi connectivity index (χ3n) is 3.22. The monoisotopic (exact) mass is 295 g/mol. The summed E-state index contributed by atoms with van der Waals surface area (Å²) in [4.78, 5) is 8.48. The fraction of sp³-hybridized carbons (Fsp3) is 0.176. The third-order valence-corrected chi connectivity index (χ3v) is 3.22. The third kappa shape index (κ3) is 3.44. The fourth-order valence-electron chi connectivity index (χ4n) is 2.11. The molecule has 2 aromatic rings. The first-order valence-electron chi connectivity index (χ1n) is 7.05. The normalized spacial score (nSPS) is 14.2. The zero-order chi connectivity index (χ0) is 15.2. The van der Waals surface area contributed by atoms with E-state index < -0.39 is 0 Å². The summed E-state index contributed by atoms with van der Waals surface area (Å²) in [6, 6.07) is 11.6. The van der Waals surface area contributed by atoms with Crippen molar-refractivity contribution in [3.05, 3.63) is 60.4 Å². The molecule has 0 amide bonds. The van der Waals surface area contributed by atoms with Crippen LogP contribution < -0.4 is 10.1 Å². The average molecular weight is 295 g/mol. The average Bonchev–Trinajstić information content (AvgIpc) is 3.09. The van der Waals surface area contributed by atoms with Crippen LogP contribution in [0.25, 0.3) is 5.70 Å². The molecule has 0 unspecified atom stereocenters. The second-order valence-corrected chi connectivity index (χ2v) is 4.72. The maximum Gasteiger partial charge on any atom is 0.210 e.